The Morgan fingerprint density at radius 2 is 1.88 bits per heavy atom. The van der Waals surface area contributed by atoms with Crippen molar-refractivity contribution in [3.05, 3.63) is 64.1 Å². The summed E-state index contributed by atoms with van der Waals surface area (Å²) in [7, 11) is 1.63. The van der Waals surface area contributed by atoms with Gasteiger partial charge in [-0.1, -0.05) is 29.8 Å². The third kappa shape index (κ3) is 3.68. The van der Waals surface area contributed by atoms with Crippen LogP contribution in [0.1, 0.15) is 16.7 Å². The van der Waals surface area contributed by atoms with E-state index in [1.54, 1.807) is 7.11 Å². The summed E-state index contributed by atoms with van der Waals surface area (Å²) in [6, 6.07) is 13.6. The average molecular weight is 338 g/mol. The maximum Gasteiger partial charge on any atom is 0.264 e. The third-order valence-corrected chi connectivity index (χ3v) is 4.55. The van der Waals surface area contributed by atoms with Crippen molar-refractivity contribution in [2.45, 2.75) is 13.8 Å². The standard InChI is InChI=1S/C19H18N2O2S/c1-12-4-9-16(13(2)10-12)20-19-21-18(22)17(24-19)11-14-5-7-15(23-3)8-6-14/h4-11H,1-3H3,(H,20,21,22). The fourth-order valence-corrected chi connectivity index (χ4v) is 3.21. The highest BCUT2D eigenvalue weighted by Gasteiger charge is 2.23. The first kappa shape index (κ1) is 16.3. The molecule has 122 valence electrons. The van der Waals surface area contributed by atoms with E-state index < -0.39 is 0 Å². The highest BCUT2D eigenvalue weighted by molar-refractivity contribution is 8.18. The summed E-state index contributed by atoms with van der Waals surface area (Å²) in [4.78, 5) is 17.3. The van der Waals surface area contributed by atoms with Gasteiger partial charge in [-0.3, -0.25) is 4.79 Å². The van der Waals surface area contributed by atoms with E-state index >= 15 is 0 Å². The lowest BCUT2D eigenvalue weighted by atomic mass is 10.1. The van der Waals surface area contributed by atoms with E-state index in [4.69, 9.17) is 4.74 Å². The second-order valence-electron chi connectivity index (χ2n) is 5.54. The van der Waals surface area contributed by atoms with E-state index in [1.165, 1.54) is 17.3 Å². The van der Waals surface area contributed by atoms with Crippen LogP contribution in [-0.4, -0.2) is 18.2 Å². The number of amidine groups is 1. The summed E-state index contributed by atoms with van der Waals surface area (Å²) < 4.78 is 5.14. The van der Waals surface area contributed by atoms with Crippen molar-refractivity contribution in [2.24, 2.45) is 4.99 Å². The molecule has 1 heterocycles. The minimum Gasteiger partial charge on any atom is -0.497 e. The van der Waals surface area contributed by atoms with Crippen LogP contribution in [0, 0.1) is 13.8 Å². The molecule has 1 amide bonds. The van der Waals surface area contributed by atoms with E-state index in [0.29, 0.717) is 10.1 Å². The highest BCUT2D eigenvalue weighted by Crippen LogP contribution is 2.29. The normalized spacial score (nSPS) is 17.4. The summed E-state index contributed by atoms with van der Waals surface area (Å²) >= 11 is 1.35. The number of carbonyl (C=O) groups is 1. The van der Waals surface area contributed by atoms with Crippen LogP contribution in [-0.2, 0) is 4.79 Å². The fourth-order valence-electron chi connectivity index (χ4n) is 2.37. The van der Waals surface area contributed by atoms with Gasteiger partial charge in [-0.25, -0.2) is 4.99 Å². The van der Waals surface area contributed by atoms with E-state index in [-0.39, 0.29) is 5.91 Å². The lowest BCUT2D eigenvalue weighted by Crippen LogP contribution is -2.19. The summed E-state index contributed by atoms with van der Waals surface area (Å²) in [5.41, 5.74) is 4.10. The molecule has 4 nitrogen and oxygen atoms in total. The van der Waals surface area contributed by atoms with Crippen LogP contribution in [0.25, 0.3) is 6.08 Å². The first-order valence-corrected chi connectivity index (χ1v) is 8.38. The topological polar surface area (TPSA) is 50.7 Å². The molecule has 5 heteroatoms. The molecular formula is C19H18N2O2S. The van der Waals surface area contributed by atoms with E-state index in [0.717, 1.165) is 22.6 Å². The maximum atomic E-state index is 12.1. The second kappa shape index (κ2) is 6.93. The van der Waals surface area contributed by atoms with Crippen molar-refractivity contribution in [3.8, 4) is 5.75 Å². The van der Waals surface area contributed by atoms with Crippen molar-refractivity contribution in [2.75, 3.05) is 7.11 Å². The SMILES string of the molecule is COc1ccc(C=C2SC(=Nc3ccc(C)cc3C)NC2=O)cc1. The molecule has 24 heavy (non-hydrogen) atoms. The lowest BCUT2D eigenvalue weighted by Gasteiger charge is -2.02. The monoisotopic (exact) mass is 338 g/mol. The minimum absolute atomic E-state index is 0.126. The average Bonchev–Trinajstić information content (AvgIpc) is 2.90. The molecule has 1 aliphatic rings. The third-order valence-electron chi connectivity index (χ3n) is 3.64. The number of thioether (sulfide) groups is 1. The van der Waals surface area contributed by atoms with Crippen molar-refractivity contribution in [3.63, 3.8) is 0 Å². The number of aliphatic imine (C=N–C) groups is 1. The fraction of sp³-hybridized carbons (Fsp3) is 0.158. The molecular weight excluding hydrogens is 320 g/mol. The molecule has 0 spiro atoms. The molecule has 0 aromatic heterocycles. The molecule has 0 unspecified atom stereocenters. The number of hydrogen-bond acceptors (Lipinski definition) is 4. The number of methoxy groups -OCH3 is 1. The van der Waals surface area contributed by atoms with Crippen molar-refractivity contribution in [1.29, 1.82) is 0 Å². The number of rotatable bonds is 3. The summed E-state index contributed by atoms with van der Waals surface area (Å²) in [5.74, 6) is 0.664. The first-order valence-electron chi connectivity index (χ1n) is 7.56. The Kier molecular flexibility index (Phi) is 4.71. The van der Waals surface area contributed by atoms with Crippen LogP contribution in [0.15, 0.2) is 52.4 Å². The number of nitrogens with zero attached hydrogens (tertiary/aromatic N) is 1. The van der Waals surface area contributed by atoms with Gasteiger partial charge in [0.1, 0.15) is 5.75 Å². The highest BCUT2D eigenvalue weighted by atomic mass is 32.2. The summed E-state index contributed by atoms with van der Waals surface area (Å²) in [5, 5.41) is 3.42. The Morgan fingerprint density at radius 3 is 2.54 bits per heavy atom. The van der Waals surface area contributed by atoms with Gasteiger partial charge in [-0.15, -0.1) is 0 Å². The summed E-state index contributed by atoms with van der Waals surface area (Å²) in [6.45, 7) is 4.06. The van der Waals surface area contributed by atoms with Crippen LogP contribution in [0.3, 0.4) is 0 Å². The Hall–Kier alpha value is -2.53. The van der Waals surface area contributed by atoms with Crippen LogP contribution < -0.4 is 10.1 Å². The van der Waals surface area contributed by atoms with Crippen LogP contribution in [0.4, 0.5) is 5.69 Å². The number of nitrogens with one attached hydrogen (secondary N) is 1. The zero-order chi connectivity index (χ0) is 17.1. The number of amides is 1. The molecule has 0 aliphatic carbocycles. The zero-order valence-corrected chi connectivity index (χ0v) is 14.6. The van der Waals surface area contributed by atoms with Crippen LogP contribution in [0.2, 0.25) is 0 Å². The van der Waals surface area contributed by atoms with Crippen molar-refractivity contribution in [1.82, 2.24) is 5.32 Å². The molecule has 0 radical (unpaired) electrons. The minimum atomic E-state index is -0.126. The van der Waals surface area contributed by atoms with Gasteiger partial charge in [0.05, 0.1) is 17.7 Å². The number of hydrogen-bond donors (Lipinski definition) is 1. The largest absolute Gasteiger partial charge is 0.497 e. The molecule has 3 rings (SSSR count). The maximum absolute atomic E-state index is 12.1. The van der Waals surface area contributed by atoms with E-state index in [2.05, 4.69) is 16.4 Å². The second-order valence-corrected chi connectivity index (χ2v) is 6.58. The Morgan fingerprint density at radius 1 is 1.12 bits per heavy atom. The van der Waals surface area contributed by atoms with Gasteiger partial charge < -0.3 is 10.1 Å². The van der Waals surface area contributed by atoms with Crippen molar-refractivity contribution < 1.29 is 9.53 Å². The van der Waals surface area contributed by atoms with Crippen LogP contribution >= 0.6 is 11.8 Å². The molecule has 0 bridgehead atoms. The van der Waals surface area contributed by atoms with Gasteiger partial charge in [0, 0.05) is 0 Å². The molecule has 1 N–H and O–H groups in total. The Balaban J connectivity index is 1.82. The smallest absolute Gasteiger partial charge is 0.264 e. The van der Waals surface area contributed by atoms with E-state index in [9.17, 15) is 4.79 Å². The van der Waals surface area contributed by atoms with Gasteiger partial charge in [0.25, 0.3) is 5.91 Å². The lowest BCUT2D eigenvalue weighted by molar-refractivity contribution is -0.115. The molecule has 2 aromatic rings. The number of ether oxygens (including phenoxy) is 1. The van der Waals surface area contributed by atoms with Gasteiger partial charge in [0.2, 0.25) is 0 Å². The first-order chi connectivity index (χ1) is 11.5. The number of benzene rings is 2. The van der Waals surface area contributed by atoms with Gasteiger partial charge in [-0.2, -0.15) is 0 Å². The number of carbonyl (C=O) groups excluding carboxylic acids is 1. The Bertz CT molecular complexity index is 839. The quantitative estimate of drug-likeness (QED) is 0.853. The van der Waals surface area contributed by atoms with Crippen LogP contribution in [0.5, 0.6) is 5.75 Å². The molecule has 1 aliphatic heterocycles. The van der Waals surface area contributed by atoms with Gasteiger partial charge >= 0.3 is 0 Å². The summed E-state index contributed by atoms with van der Waals surface area (Å²) in [6.07, 6.45) is 1.85. The van der Waals surface area contributed by atoms with Gasteiger partial charge in [-0.05, 0) is 61.0 Å². The predicted molar refractivity (Wildman–Crippen MR) is 99.7 cm³/mol. The van der Waals surface area contributed by atoms with E-state index in [1.807, 2.05) is 56.3 Å². The Labute approximate surface area is 145 Å². The zero-order valence-electron chi connectivity index (χ0n) is 13.8. The predicted octanol–water partition coefficient (Wildman–Crippen LogP) is 4.20. The number of aryl methyl sites for hydroxylation is 2. The van der Waals surface area contributed by atoms with Gasteiger partial charge in [0.15, 0.2) is 5.17 Å². The molecule has 0 saturated carbocycles. The van der Waals surface area contributed by atoms with Crippen molar-refractivity contribution >= 4 is 34.6 Å². The molecule has 0 atom stereocenters. The molecule has 2 aromatic carbocycles. The molecule has 1 saturated heterocycles. The molecule has 1 fully saturated rings.